The Morgan fingerprint density at radius 1 is 0.893 bits per heavy atom. The number of anilines is 1. The van der Waals surface area contributed by atoms with Gasteiger partial charge in [0.15, 0.2) is 13.2 Å². The molecule has 0 bridgehead atoms. The maximum absolute atomic E-state index is 11.9. The Balaban J connectivity index is 1.77. The maximum atomic E-state index is 11.9. The van der Waals surface area contributed by atoms with Gasteiger partial charge in [-0.25, -0.2) is 9.59 Å². The van der Waals surface area contributed by atoms with Crippen molar-refractivity contribution in [2.75, 3.05) is 25.1 Å². The third-order valence-electron chi connectivity index (χ3n) is 3.79. The van der Waals surface area contributed by atoms with Crippen LogP contribution in [0.1, 0.15) is 28.4 Å². The van der Waals surface area contributed by atoms with Crippen LogP contribution >= 0.6 is 0 Å². The van der Waals surface area contributed by atoms with Crippen LogP contribution in [0, 0.1) is 13.8 Å². The quantitative estimate of drug-likeness (QED) is 0.703. The van der Waals surface area contributed by atoms with E-state index in [0.717, 1.165) is 11.1 Å². The summed E-state index contributed by atoms with van der Waals surface area (Å²) in [5.74, 6) is -0.941. The lowest BCUT2D eigenvalue weighted by Gasteiger charge is -2.11. The van der Waals surface area contributed by atoms with Gasteiger partial charge in [-0.3, -0.25) is 4.79 Å². The number of benzene rings is 2. The van der Waals surface area contributed by atoms with Crippen LogP contribution in [0.3, 0.4) is 0 Å². The van der Waals surface area contributed by atoms with E-state index < -0.39 is 24.5 Å². The molecule has 28 heavy (non-hydrogen) atoms. The van der Waals surface area contributed by atoms with E-state index in [1.54, 1.807) is 19.1 Å². The highest BCUT2D eigenvalue weighted by molar-refractivity contribution is 5.94. The molecule has 0 aliphatic rings. The highest BCUT2D eigenvalue weighted by Gasteiger charge is 2.11. The number of aryl methyl sites for hydroxylation is 2. The van der Waals surface area contributed by atoms with E-state index in [0.29, 0.717) is 17.0 Å². The van der Waals surface area contributed by atoms with Gasteiger partial charge in [-0.05, 0) is 56.2 Å². The molecule has 2 rings (SSSR count). The minimum Gasteiger partial charge on any atom is -0.481 e. The molecule has 0 unspecified atom stereocenters. The number of ether oxygens (including phenoxy) is 3. The van der Waals surface area contributed by atoms with Crippen LogP contribution in [-0.4, -0.2) is 37.7 Å². The molecule has 0 saturated carbocycles. The fourth-order valence-corrected chi connectivity index (χ4v) is 2.45. The molecule has 2 aromatic rings. The molecule has 7 heteroatoms. The number of rotatable bonds is 8. The Morgan fingerprint density at radius 3 is 2.14 bits per heavy atom. The van der Waals surface area contributed by atoms with E-state index in [2.05, 4.69) is 5.32 Å². The first kappa shape index (κ1) is 21.0. The van der Waals surface area contributed by atoms with Crippen molar-refractivity contribution in [3.63, 3.8) is 0 Å². The summed E-state index contributed by atoms with van der Waals surface area (Å²) < 4.78 is 15.3. The van der Waals surface area contributed by atoms with Crippen LogP contribution in [0.5, 0.6) is 5.75 Å². The number of hydrogen-bond donors (Lipinski definition) is 1. The van der Waals surface area contributed by atoms with Crippen LogP contribution in [-0.2, 0) is 19.1 Å². The first-order chi connectivity index (χ1) is 13.4. The van der Waals surface area contributed by atoms with Gasteiger partial charge in [0, 0.05) is 5.69 Å². The second-order valence-corrected chi connectivity index (χ2v) is 6.02. The van der Waals surface area contributed by atoms with E-state index in [1.165, 1.54) is 12.1 Å². The summed E-state index contributed by atoms with van der Waals surface area (Å²) in [5.41, 5.74) is 2.68. The number of hydrogen-bond acceptors (Lipinski definition) is 6. The topological polar surface area (TPSA) is 90.9 Å². The number of esters is 2. The van der Waals surface area contributed by atoms with E-state index in [4.69, 9.17) is 14.2 Å². The molecule has 0 fully saturated rings. The molecule has 148 valence electrons. The lowest BCUT2D eigenvalue weighted by Crippen LogP contribution is -2.23. The third-order valence-corrected chi connectivity index (χ3v) is 3.79. The molecule has 0 spiro atoms. The average Bonchev–Trinajstić information content (AvgIpc) is 2.67. The smallest absolute Gasteiger partial charge is 0.344 e. The molecule has 0 atom stereocenters. The summed E-state index contributed by atoms with van der Waals surface area (Å²) in [6.45, 7) is 5.06. The Morgan fingerprint density at radius 2 is 1.54 bits per heavy atom. The minimum atomic E-state index is -0.643. The Kier molecular flexibility index (Phi) is 7.56. The summed E-state index contributed by atoms with van der Waals surface area (Å²) in [7, 11) is 0. The summed E-state index contributed by atoms with van der Waals surface area (Å²) in [6, 6.07) is 11.9. The third kappa shape index (κ3) is 6.12. The molecule has 0 radical (unpaired) electrons. The van der Waals surface area contributed by atoms with Gasteiger partial charge >= 0.3 is 11.9 Å². The monoisotopic (exact) mass is 385 g/mol. The molecule has 0 aliphatic heterocycles. The van der Waals surface area contributed by atoms with Gasteiger partial charge in [0.05, 0.1) is 12.2 Å². The van der Waals surface area contributed by atoms with Gasteiger partial charge in [0.25, 0.3) is 5.91 Å². The number of carbonyl (C=O) groups excluding carboxylic acids is 3. The first-order valence-electron chi connectivity index (χ1n) is 8.82. The van der Waals surface area contributed by atoms with Crippen molar-refractivity contribution < 1.29 is 28.6 Å². The Labute approximate surface area is 163 Å². The molecule has 0 heterocycles. The summed E-state index contributed by atoms with van der Waals surface area (Å²) in [6.07, 6.45) is 0. The molecule has 0 aliphatic carbocycles. The molecule has 1 amide bonds. The van der Waals surface area contributed by atoms with Crippen molar-refractivity contribution in [1.29, 1.82) is 0 Å². The summed E-state index contributed by atoms with van der Waals surface area (Å²) in [5, 5.41) is 2.58. The normalized spacial score (nSPS) is 10.1. The van der Waals surface area contributed by atoms with Crippen LogP contribution in [0.2, 0.25) is 0 Å². The van der Waals surface area contributed by atoms with Crippen molar-refractivity contribution in [3.8, 4) is 5.75 Å². The van der Waals surface area contributed by atoms with Gasteiger partial charge < -0.3 is 19.5 Å². The molecule has 0 saturated heterocycles. The van der Waals surface area contributed by atoms with Gasteiger partial charge in [-0.2, -0.15) is 0 Å². The SMILES string of the molecule is CCOC(=O)c1ccc(NC(=O)COC(=O)COc2c(C)cccc2C)cc1. The van der Waals surface area contributed by atoms with Gasteiger partial charge in [0.2, 0.25) is 0 Å². The van der Waals surface area contributed by atoms with E-state index in [1.807, 2.05) is 32.0 Å². The van der Waals surface area contributed by atoms with Crippen LogP contribution in [0.25, 0.3) is 0 Å². The molecule has 2 aromatic carbocycles. The van der Waals surface area contributed by atoms with Crippen molar-refractivity contribution in [1.82, 2.24) is 0 Å². The van der Waals surface area contributed by atoms with Crippen molar-refractivity contribution in [2.24, 2.45) is 0 Å². The predicted octanol–water partition coefficient (Wildman–Crippen LogP) is 3.04. The van der Waals surface area contributed by atoms with Crippen LogP contribution in [0.15, 0.2) is 42.5 Å². The second-order valence-electron chi connectivity index (χ2n) is 6.02. The summed E-state index contributed by atoms with van der Waals surface area (Å²) in [4.78, 5) is 35.3. The van der Waals surface area contributed by atoms with Crippen LogP contribution in [0.4, 0.5) is 5.69 Å². The van der Waals surface area contributed by atoms with Gasteiger partial charge in [-0.1, -0.05) is 18.2 Å². The lowest BCUT2D eigenvalue weighted by atomic mass is 10.1. The number of para-hydroxylation sites is 1. The van der Waals surface area contributed by atoms with Gasteiger partial charge in [0.1, 0.15) is 5.75 Å². The van der Waals surface area contributed by atoms with E-state index in [-0.39, 0.29) is 13.2 Å². The molecular weight excluding hydrogens is 362 g/mol. The van der Waals surface area contributed by atoms with Gasteiger partial charge in [-0.15, -0.1) is 0 Å². The van der Waals surface area contributed by atoms with Crippen molar-refractivity contribution >= 4 is 23.5 Å². The second kappa shape index (κ2) is 10.1. The summed E-state index contributed by atoms with van der Waals surface area (Å²) >= 11 is 0. The molecule has 0 aromatic heterocycles. The molecule has 1 N–H and O–H groups in total. The fraction of sp³-hybridized carbons (Fsp3) is 0.286. The first-order valence-corrected chi connectivity index (χ1v) is 8.82. The Hall–Kier alpha value is -3.35. The number of carbonyl (C=O) groups is 3. The zero-order chi connectivity index (χ0) is 20.5. The number of amides is 1. The minimum absolute atomic E-state index is 0.285. The predicted molar refractivity (Wildman–Crippen MR) is 103 cm³/mol. The zero-order valence-electron chi connectivity index (χ0n) is 16.1. The largest absolute Gasteiger partial charge is 0.481 e. The van der Waals surface area contributed by atoms with E-state index in [9.17, 15) is 14.4 Å². The fourth-order valence-electron chi connectivity index (χ4n) is 2.45. The van der Waals surface area contributed by atoms with Crippen LogP contribution < -0.4 is 10.1 Å². The standard InChI is InChI=1S/C21H23NO6/c1-4-26-21(25)16-8-10-17(11-9-16)22-18(23)12-27-19(24)13-28-20-14(2)6-5-7-15(20)3/h5-11H,4,12-13H2,1-3H3,(H,22,23). The average molecular weight is 385 g/mol. The molecule has 7 nitrogen and oxygen atoms in total. The van der Waals surface area contributed by atoms with Crippen molar-refractivity contribution in [3.05, 3.63) is 59.2 Å². The highest BCUT2D eigenvalue weighted by atomic mass is 16.6. The molecular formula is C21H23NO6. The Bertz CT molecular complexity index is 824. The van der Waals surface area contributed by atoms with Crippen molar-refractivity contribution in [2.45, 2.75) is 20.8 Å². The van der Waals surface area contributed by atoms with E-state index >= 15 is 0 Å². The lowest BCUT2D eigenvalue weighted by molar-refractivity contribution is -0.149. The zero-order valence-corrected chi connectivity index (χ0v) is 16.1. The highest BCUT2D eigenvalue weighted by Crippen LogP contribution is 2.22. The maximum Gasteiger partial charge on any atom is 0.344 e. The number of nitrogens with one attached hydrogen (secondary N) is 1.